The van der Waals surface area contributed by atoms with E-state index in [1.54, 1.807) is 0 Å². The van der Waals surface area contributed by atoms with Crippen molar-refractivity contribution in [3.63, 3.8) is 0 Å². The van der Waals surface area contributed by atoms with Crippen molar-refractivity contribution in [3.05, 3.63) is 29.8 Å². The minimum atomic E-state index is -0.553. The first-order valence-corrected chi connectivity index (χ1v) is 5.10. The molecule has 1 atom stereocenters. The predicted molar refractivity (Wildman–Crippen MR) is 53.9 cm³/mol. The summed E-state index contributed by atoms with van der Waals surface area (Å²) < 4.78 is 11.2. The van der Waals surface area contributed by atoms with Gasteiger partial charge >= 0.3 is 0 Å². The highest BCUT2D eigenvalue weighted by Gasteiger charge is 2.32. The van der Waals surface area contributed by atoms with E-state index in [0.717, 1.165) is 11.3 Å². The topological polar surface area (TPSA) is 18.5 Å². The molecule has 1 unspecified atom stereocenters. The van der Waals surface area contributed by atoms with Crippen molar-refractivity contribution in [2.24, 2.45) is 0 Å². The molecule has 2 rings (SSSR count). The van der Waals surface area contributed by atoms with Crippen molar-refractivity contribution in [1.82, 2.24) is 0 Å². The summed E-state index contributed by atoms with van der Waals surface area (Å²) in [6.07, 6.45) is 0. The van der Waals surface area contributed by atoms with Crippen LogP contribution in [0.3, 0.4) is 0 Å². The zero-order valence-electron chi connectivity index (χ0n) is 7.58. The second-order valence-corrected chi connectivity index (χ2v) is 4.31. The SMILES string of the molecule is CC1(C)Oc2ccccc2C(Br)O1. The van der Waals surface area contributed by atoms with Gasteiger partial charge in [-0.05, 0) is 6.07 Å². The smallest absolute Gasteiger partial charge is 0.206 e. The Hall–Kier alpha value is -0.540. The summed E-state index contributed by atoms with van der Waals surface area (Å²) in [6, 6.07) is 7.87. The lowest BCUT2D eigenvalue weighted by Crippen LogP contribution is -2.36. The molecule has 3 heteroatoms. The number of rotatable bonds is 0. The number of benzene rings is 1. The van der Waals surface area contributed by atoms with Crippen LogP contribution < -0.4 is 4.74 Å². The lowest BCUT2D eigenvalue weighted by Gasteiger charge is -2.35. The first-order chi connectivity index (χ1) is 6.08. The fraction of sp³-hybridized carbons (Fsp3) is 0.400. The Bertz CT molecular complexity index is 322. The van der Waals surface area contributed by atoms with E-state index in [9.17, 15) is 0 Å². The molecule has 0 amide bonds. The summed E-state index contributed by atoms with van der Waals surface area (Å²) in [5.41, 5.74) is 1.04. The van der Waals surface area contributed by atoms with E-state index < -0.39 is 5.79 Å². The summed E-state index contributed by atoms with van der Waals surface area (Å²) >= 11 is 3.46. The fourth-order valence-corrected chi connectivity index (χ4v) is 2.19. The normalized spacial score (nSPS) is 24.7. The molecule has 0 aromatic heterocycles. The average molecular weight is 243 g/mol. The lowest BCUT2D eigenvalue weighted by molar-refractivity contribution is -0.181. The molecule has 0 aliphatic carbocycles. The van der Waals surface area contributed by atoms with Crippen molar-refractivity contribution in [2.75, 3.05) is 0 Å². The third-order valence-electron chi connectivity index (χ3n) is 1.91. The summed E-state index contributed by atoms with van der Waals surface area (Å²) in [6.45, 7) is 3.80. The highest BCUT2D eigenvalue weighted by molar-refractivity contribution is 9.09. The van der Waals surface area contributed by atoms with Crippen LogP contribution in [0, 0.1) is 0 Å². The first-order valence-electron chi connectivity index (χ1n) is 4.18. The van der Waals surface area contributed by atoms with Crippen LogP contribution in [0.15, 0.2) is 24.3 Å². The van der Waals surface area contributed by atoms with Crippen LogP contribution in [0.2, 0.25) is 0 Å². The lowest BCUT2D eigenvalue weighted by atomic mass is 10.2. The third-order valence-corrected chi connectivity index (χ3v) is 2.59. The monoisotopic (exact) mass is 242 g/mol. The highest BCUT2D eigenvalue weighted by Crippen LogP contribution is 2.41. The molecule has 13 heavy (non-hydrogen) atoms. The zero-order chi connectivity index (χ0) is 9.47. The van der Waals surface area contributed by atoms with Crippen LogP contribution in [0.5, 0.6) is 5.75 Å². The van der Waals surface area contributed by atoms with E-state index in [-0.39, 0.29) is 5.01 Å². The molecule has 1 aromatic rings. The molecule has 0 spiro atoms. The van der Waals surface area contributed by atoms with Crippen LogP contribution in [0.1, 0.15) is 24.4 Å². The van der Waals surface area contributed by atoms with Crippen LogP contribution in [-0.4, -0.2) is 5.79 Å². The molecule has 0 bridgehead atoms. The molecule has 0 fully saturated rings. The third kappa shape index (κ3) is 1.71. The molecule has 0 radical (unpaired) electrons. The van der Waals surface area contributed by atoms with Gasteiger partial charge in [-0.3, -0.25) is 0 Å². The number of hydrogen-bond acceptors (Lipinski definition) is 2. The van der Waals surface area contributed by atoms with Crippen molar-refractivity contribution < 1.29 is 9.47 Å². The molecule has 1 heterocycles. The maximum Gasteiger partial charge on any atom is 0.206 e. The minimum Gasteiger partial charge on any atom is -0.463 e. The van der Waals surface area contributed by atoms with Crippen molar-refractivity contribution in [1.29, 1.82) is 0 Å². The number of alkyl halides is 1. The second-order valence-electron chi connectivity index (χ2n) is 3.47. The fourth-order valence-electron chi connectivity index (χ4n) is 1.36. The predicted octanol–water partition coefficient (Wildman–Crippen LogP) is 3.23. The summed E-state index contributed by atoms with van der Waals surface area (Å²) in [5.74, 6) is 0.336. The van der Waals surface area contributed by atoms with Gasteiger partial charge in [0.25, 0.3) is 0 Å². The molecule has 70 valence electrons. The molecule has 0 saturated heterocycles. The second kappa shape index (κ2) is 3.00. The highest BCUT2D eigenvalue weighted by atomic mass is 79.9. The quantitative estimate of drug-likeness (QED) is 0.651. The molecular formula is C10H11BrO2. The van der Waals surface area contributed by atoms with Crippen LogP contribution >= 0.6 is 15.9 Å². The van der Waals surface area contributed by atoms with Gasteiger partial charge in [0.1, 0.15) is 10.8 Å². The Morgan fingerprint density at radius 2 is 2.00 bits per heavy atom. The van der Waals surface area contributed by atoms with E-state index in [0.29, 0.717) is 0 Å². The first kappa shape index (κ1) is 9.03. The number of halogens is 1. The van der Waals surface area contributed by atoms with Crippen LogP contribution in [-0.2, 0) is 4.74 Å². The number of ether oxygens (including phenoxy) is 2. The van der Waals surface area contributed by atoms with E-state index in [2.05, 4.69) is 15.9 Å². The van der Waals surface area contributed by atoms with E-state index in [1.165, 1.54) is 0 Å². The molecule has 0 saturated carbocycles. The largest absolute Gasteiger partial charge is 0.463 e. The Kier molecular flexibility index (Phi) is 2.08. The van der Waals surface area contributed by atoms with E-state index in [4.69, 9.17) is 9.47 Å². The maximum atomic E-state index is 5.64. The molecule has 0 N–H and O–H groups in total. The number of hydrogen-bond donors (Lipinski definition) is 0. The Labute approximate surface area is 86.0 Å². The van der Waals surface area contributed by atoms with E-state index in [1.807, 2.05) is 38.1 Å². The number of para-hydroxylation sites is 1. The van der Waals surface area contributed by atoms with Gasteiger partial charge in [-0.15, -0.1) is 0 Å². The van der Waals surface area contributed by atoms with Crippen molar-refractivity contribution in [3.8, 4) is 5.75 Å². The maximum absolute atomic E-state index is 5.64. The molecule has 2 nitrogen and oxygen atoms in total. The van der Waals surface area contributed by atoms with Gasteiger partial charge in [0, 0.05) is 19.4 Å². The Morgan fingerprint density at radius 1 is 1.31 bits per heavy atom. The Morgan fingerprint density at radius 3 is 2.77 bits per heavy atom. The molecule has 1 aliphatic rings. The van der Waals surface area contributed by atoms with Gasteiger partial charge in [0.2, 0.25) is 5.79 Å². The van der Waals surface area contributed by atoms with Gasteiger partial charge in [-0.1, -0.05) is 34.1 Å². The Balaban J connectivity index is 2.43. The standard InChI is InChI=1S/C10H11BrO2/c1-10(2)12-8-6-4-3-5-7(8)9(11)13-10/h3-6,9H,1-2H3. The average Bonchev–Trinajstić information content (AvgIpc) is 2.02. The molecular weight excluding hydrogens is 232 g/mol. The summed E-state index contributed by atoms with van der Waals surface area (Å²) in [5, 5.41) is -0.0764. The van der Waals surface area contributed by atoms with Crippen molar-refractivity contribution in [2.45, 2.75) is 24.6 Å². The summed E-state index contributed by atoms with van der Waals surface area (Å²) in [4.78, 5) is 0. The number of fused-ring (bicyclic) bond motifs is 1. The van der Waals surface area contributed by atoms with Gasteiger partial charge in [0.05, 0.1) is 0 Å². The van der Waals surface area contributed by atoms with Gasteiger partial charge in [-0.2, -0.15) is 0 Å². The molecule has 1 aliphatic heterocycles. The van der Waals surface area contributed by atoms with Crippen LogP contribution in [0.25, 0.3) is 0 Å². The summed E-state index contributed by atoms with van der Waals surface area (Å²) in [7, 11) is 0. The van der Waals surface area contributed by atoms with Gasteiger partial charge < -0.3 is 9.47 Å². The van der Waals surface area contributed by atoms with Gasteiger partial charge in [-0.25, -0.2) is 0 Å². The molecule has 1 aromatic carbocycles. The minimum absolute atomic E-state index is 0.0764. The van der Waals surface area contributed by atoms with Crippen molar-refractivity contribution >= 4 is 15.9 Å². The van der Waals surface area contributed by atoms with Gasteiger partial charge in [0.15, 0.2) is 0 Å². The van der Waals surface area contributed by atoms with E-state index >= 15 is 0 Å². The zero-order valence-corrected chi connectivity index (χ0v) is 9.17. The van der Waals surface area contributed by atoms with Crippen LogP contribution in [0.4, 0.5) is 0 Å².